The number of nitro benzene ring substituents is 1. The molecule has 1 atom stereocenters. The van der Waals surface area contributed by atoms with E-state index < -0.39 is 20.8 Å². The summed E-state index contributed by atoms with van der Waals surface area (Å²) in [5.74, 6) is -0.397. The molecule has 0 aliphatic rings. The van der Waals surface area contributed by atoms with E-state index in [1.54, 1.807) is 0 Å². The van der Waals surface area contributed by atoms with Crippen LogP contribution in [0, 0.1) is 10.1 Å². The molecule has 0 saturated carbocycles. The van der Waals surface area contributed by atoms with Crippen molar-refractivity contribution in [3.8, 4) is 5.75 Å². The molecule has 0 aliphatic heterocycles. The molecule has 2 aromatic rings. The molecule has 0 saturated heterocycles. The van der Waals surface area contributed by atoms with E-state index in [4.69, 9.17) is 75.0 Å². The van der Waals surface area contributed by atoms with Gasteiger partial charge in [-0.1, -0.05) is 58.0 Å². The zero-order valence-corrected chi connectivity index (χ0v) is 20.0. The van der Waals surface area contributed by atoms with Crippen LogP contribution in [0.2, 0.25) is 10.0 Å². The second kappa shape index (κ2) is 10.7. The molecule has 14 heteroatoms. The lowest BCUT2D eigenvalue weighted by Gasteiger charge is -2.28. The van der Waals surface area contributed by atoms with Crippen molar-refractivity contribution in [3.05, 3.63) is 62.1 Å². The van der Waals surface area contributed by atoms with Gasteiger partial charge >= 0.3 is 0 Å². The molecule has 0 aliphatic carbocycles. The van der Waals surface area contributed by atoms with Gasteiger partial charge in [-0.15, -0.1) is 0 Å². The number of halogens is 5. The average molecular weight is 547 g/mol. The van der Waals surface area contributed by atoms with Gasteiger partial charge in [0.05, 0.1) is 28.7 Å². The van der Waals surface area contributed by atoms with Crippen molar-refractivity contribution in [2.24, 2.45) is 0 Å². The van der Waals surface area contributed by atoms with Crippen LogP contribution in [-0.4, -0.2) is 33.0 Å². The second-order valence-corrected chi connectivity index (χ2v) is 9.43. The lowest BCUT2D eigenvalue weighted by molar-refractivity contribution is -0.384. The molecule has 166 valence electrons. The molecule has 0 unspecified atom stereocenters. The van der Waals surface area contributed by atoms with Crippen molar-refractivity contribution in [2.45, 2.75) is 9.96 Å². The summed E-state index contributed by atoms with van der Waals surface area (Å²) >= 11 is 34.9. The molecule has 1 amide bonds. The Balaban J connectivity index is 2.19. The molecular formula is C17H13Cl5N4O4S. The standard InChI is InChI=1S/C17H13Cl5N4O4S/c1-30-9-3-5-12(13(7-9)26(28)29)23-16(31)25-15(17(20,21)22)24-14(27)10-4-2-8(18)6-11(10)19/h2-7,15H,1H3,(H,24,27)(H2,23,25,31)/t15-/m0/s1. The zero-order valence-electron chi connectivity index (χ0n) is 15.4. The quantitative estimate of drug-likeness (QED) is 0.148. The first-order valence-electron chi connectivity index (χ1n) is 8.15. The van der Waals surface area contributed by atoms with Gasteiger partial charge in [0.25, 0.3) is 11.6 Å². The number of carbonyl (C=O) groups is 1. The van der Waals surface area contributed by atoms with Gasteiger partial charge in [-0.3, -0.25) is 14.9 Å². The third kappa shape index (κ3) is 7.13. The Kier molecular flexibility index (Phi) is 8.82. The number of nitrogens with zero attached hydrogens (tertiary/aromatic N) is 1. The molecular weight excluding hydrogens is 534 g/mol. The minimum atomic E-state index is -2.05. The van der Waals surface area contributed by atoms with Crippen LogP contribution < -0.4 is 20.7 Å². The molecule has 0 spiro atoms. The van der Waals surface area contributed by atoms with Crippen LogP contribution in [0.25, 0.3) is 0 Å². The van der Waals surface area contributed by atoms with Crippen LogP contribution in [0.3, 0.4) is 0 Å². The Labute approximate surface area is 207 Å². The molecule has 2 rings (SSSR count). The molecule has 3 N–H and O–H groups in total. The number of hydrogen-bond donors (Lipinski definition) is 3. The molecule has 31 heavy (non-hydrogen) atoms. The summed E-state index contributed by atoms with van der Waals surface area (Å²) < 4.78 is 2.93. The van der Waals surface area contributed by atoms with Crippen molar-refractivity contribution in [1.29, 1.82) is 0 Å². The summed E-state index contributed by atoms with van der Waals surface area (Å²) in [4.78, 5) is 23.3. The predicted molar refractivity (Wildman–Crippen MR) is 127 cm³/mol. The Hall–Kier alpha value is -1.75. The van der Waals surface area contributed by atoms with Crippen molar-refractivity contribution in [2.75, 3.05) is 12.4 Å². The van der Waals surface area contributed by atoms with Crippen molar-refractivity contribution in [1.82, 2.24) is 10.6 Å². The minimum absolute atomic E-state index is 0.0541. The largest absolute Gasteiger partial charge is 0.496 e. The van der Waals surface area contributed by atoms with Crippen molar-refractivity contribution >= 4 is 92.6 Å². The maximum atomic E-state index is 12.6. The number of nitrogens with one attached hydrogen (secondary N) is 3. The summed E-state index contributed by atoms with van der Waals surface area (Å²) in [6.45, 7) is 0. The number of anilines is 1. The van der Waals surface area contributed by atoms with Crippen LogP contribution in [0.15, 0.2) is 36.4 Å². The van der Waals surface area contributed by atoms with Crippen molar-refractivity contribution in [3.63, 3.8) is 0 Å². The van der Waals surface area contributed by atoms with Crippen LogP contribution in [0.1, 0.15) is 10.4 Å². The highest BCUT2D eigenvalue weighted by Crippen LogP contribution is 2.31. The molecule has 0 bridgehead atoms. The van der Waals surface area contributed by atoms with Crippen LogP contribution in [0.5, 0.6) is 5.75 Å². The van der Waals surface area contributed by atoms with E-state index >= 15 is 0 Å². The Morgan fingerprint density at radius 2 is 1.84 bits per heavy atom. The summed E-state index contributed by atoms with van der Waals surface area (Å²) in [6, 6.07) is 8.34. The fraction of sp³-hybridized carbons (Fsp3) is 0.176. The normalized spacial score (nSPS) is 11.9. The fourth-order valence-corrected chi connectivity index (χ4v) is 3.32. The lowest BCUT2D eigenvalue weighted by atomic mass is 10.2. The van der Waals surface area contributed by atoms with E-state index in [0.29, 0.717) is 5.02 Å². The third-order valence-electron chi connectivity index (χ3n) is 3.70. The number of methoxy groups -OCH3 is 1. The SMILES string of the molecule is COc1ccc(NC(=S)N[C@H](NC(=O)c2ccc(Cl)cc2Cl)C(Cl)(Cl)Cl)c([N+](=O)[O-])c1. The van der Waals surface area contributed by atoms with Crippen LogP contribution >= 0.6 is 70.2 Å². The highest BCUT2D eigenvalue weighted by atomic mass is 35.6. The molecule has 2 aromatic carbocycles. The summed E-state index contributed by atoms with van der Waals surface area (Å²) in [6.07, 6.45) is -1.32. The Morgan fingerprint density at radius 3 is 2.39 bits per heavy atom. The Bertz CT molecular complexity index is 1020. The third-order valence-corrected chi connectivity index (χ3v) is 5.13. The summed E-state index contributed by atoms with van der Waals surface area (Å²) in [5.41, 5.74) is -0.166. The average Bonchev–Trinajstić information content (AvgIpc) is 2.66. The maximum Gasteiger partial charge on any atom is 0.296 e. The van der Waals surface area contributed by atoms with E-state index in [9.17, 15) is 14.9 Å². The first-order chi connectivity index (χ1) is 14.4. The zero-order chi connectivity index (χ0) is 23.3. The van der Waals surface area contributed by atoms with Gasteiger partial charge in [-0.05, 0) is 42.5 Å². The smallest absolute Gasteiger partial charge is 0.296 e. The molecule has 0 heterocycles. The predicted octanol–water partition coefficient (Wildman–Crippen LogP) is 5.32. The number of amides is 1. The maximum absolute atomic E-state index is 12.6. The number of alkyl halides is 3. The lowest BCUT2D eigenvalue weighted by Crippen LogP contribution is -2.56. The number of benzene rings is 2. The molecule has 0 radical (unpaired) electrons. The summed E-state index contributed by atoms with van der Waals surface area (Å²) in [5, 5.41) is 19.3. The minimum Gasteiger partial charge on any atom is -0.496 e. The number of carbonyl (C=O) groups excluding carboxylic acids is 1. The van der Waals surface area contributed by atoms with Crippen LogP contribution in [-0.2, 0) is 0 Å². The highest BCUT2D eigenvalue weighted by Gasteiger charge is 2.35. The highest BCUT2D eigenvalue weighted by molar-refractivity contribution is 7.80. The van der Waals surface area contributed by atoms with E-state index in [2.05, 4.69) is 16.0 Å². The van der Waals surface area contributed by atoms with Crippen LogP contribution in [0.4, 0.5) is 11.4 Å². The fourth-order valence-electron chi connectivity index (χ4n) is 2.27. The van der Waals surface area contributed by atoms with Gasteiger partial charge in [0, 0.05) is 5.02 Å². The van der Waals surface area contributed by atoms with Gasteiger partial charge in [-0.2, -0.15) is 0 Å². The molecule has 0 fully saturated rings. The van der Waals surface area contributed by atoms with Gasteiger partial charge < -0.3 is 20.7 Å². The topological polar surface area (TPSA) is 106 Å². The van der Waals surface area contributed by atoms with Gasteiger partial charge in [0.2, 0.25) is 3.79 Å². The van der Waals surface area contributed by atoms with E-state index in [1.165, 1.54) is 43.5 Å². The van der Waals surface area contributed by atoms with Gasteiger partial charge in [0.15, 0.2) is 5.11 Å². The van der Waals surface area contributed by atoms with Crippen molar-refractivity contribution < 1.29 is 14.5 Å². The number of thiocarbonyl (C=S) groups is 1. The second-order valence-electron chi connectivity index (χ2n) is 5.81. The Morgan fingerprint density at radius 1 is 1.16 bits per heavy atom. The van der Waals surface area contributed by atoms with E-state index in [1.807, 2.05) is 0 Å². The molecule has 0 aromatic heterocycles. The number of nitro groups is 1. The number of ether oxygens (including phenoxy) is 1. The van der Waals surface area contributed by atoms with Gasteiger partial charge in [0.1, 0.15) is 17.6 Å². The first kappa shape index (κ1) is 25.5. The first-order valence-corrected chi connectivity index (χ1v) is 10.4. The summed E-state index contributed by atoms with van der Waals surface area (Å²) in [7, 11) is 1.37. The number of hydrogen-bond acceptors (Lipinski definition) is 5. The van der Waals surface area contributed by atoms with E-state index in [-0.39, 0.29) is 32.8 Å². The monoisotopic (exact) mass is 544 g/mol. The molecule has 8 nitrogen and oxygen atoms in total. The van der Waals surface area contributed by atoms with Gasteiger partial charge in [-0.25, -0.2) is 0 Å². The van der Waals surface area contributed by atoms with E-state index in [0.717, 1.165) is 0 Å². The number of rotatable bonds is 6.